The molecule has 0 aliphatic rings. The monoisotopic (exact) mass is 213 g/mol. The van der Waals surface area contributed by atoms with Gasteiger partial charge in [0.15, 0.2) is 5.65 Å². The van der Waals surface area contributed by atoms with Crippen molar-refractivity contribution in [2.75, 3.05) is 0 Å². The number of H-pyrrole nitrogens is 1. The normalized spacial score (nSPS) is 9.50. The minimum absolute atomic E-state index is 0.322. The van der Waals surface area contributed by atoms with Crippen LogP contribution < -0.4 is 0 Å². The van der Waals surface area contributed by atoms with Crippen LogP contribution in [-0.4, -0.2) is 20.1 Å². The molecular weight excluding hydrogens is 202 g/mol. The van der Waals surface area contributed by atoms with Crippen LogP contribution in [0.1, 0.15) is 0 Å². The number of aromatic amines is 1. The molecule has 0 amide bonds. The number of aromatic nitrogens is 3. The van der Waals surface area contributed by atoms with Gasteiger partial charge in [0.1, 0.15) is 5.75 Å². The van der Waals surface area contributed by atoms with E-state index >= 15 is 0 Å². The van der Waals surface area contributed by atoms with Crippen LogP contribution >= 0.6 is 0 Å². The average molecular weight is 213 g/mol. The van der Waals surface area contributed by atoms with Crippen molar-refractivity contribution in [2.45, 2.75) is 0 Å². The SMILES string of the molecule is Oc1ccccc1.c1cnc2nc[nH]c2c1. The van der Waals surface area contributed by atoms with Crippen molar-refractivity contribution in [3.63, 3.8) is 0 Å². The number of nitrogens with zero attached hydrogens (tertiary/aromatic N) is 2. The summed E-state index contributed by atoms with van der Waals surface area (Å²) in [7, 11) is 0. The van der Waals surface area contributed by atoms with Gasteiger partial charge in [0.2, 0.25) is 0 Å². The first kappa shape index (κ1) is 10.2. The maximum absolute atomic E-state index is 8.63. The van der Waals surface area contributed by atoms with Gasteiger partial charge in [0.05, 0.1) is 11.8 Å². The van der Waals surface area contributed by atoms with E-state index in [0.29, 0.717) is 5.75 Å². The molecule has 0 atom stereocenters. The molecule has 0 unspecified atom stereocenters. The van der Waals surface area contributed by atoms with E-state index in [1.807, 2.05) is 18.2 Å². The van der Waals surface area contributed by atoms with E-state index in [-0.39, 0.29) is 0 Å². The lowest BCUT2D eigenvalue weighted by molar-refractivity contribution is 0.475. The van der Waals surface area contributed by atoms with Gasteiger partial charge in [-0.25, -0.2) is 9.97 Å². The summed E-state index contributed by atoms with van der Waals surface area (Å²) in [6, 6.07) is 12.5. The van der Waals surface area contributed by atoms with Crippen LogP contribution in [0.3, 0.4) is 0 Å². The number of nitrogens with one attached hydrogen (secondary N) is 1. The molecule has 2 N–H and O–H groups in total. The van der Waals surface area contributed by atoms with E-state index in [2.05, 4.69) is 15.0 Å². The topological polar surface area (TPSA) is 61.8 Å². The molecule has 80 valence electrons. The first-order valence-electron chi connectivity index (χ1n) is 4.84. The first-order chi connectivity index (χ1) is 7.86. The van der Waals surface area contributed by atoms with Gasteiger partial charge >= 0.3 is 0 Å². The van der Waals surface area contributed by atoms with Gasteiger partial charge in [-0.3, -0.25) is 0 Å². The first-order valence-corrected chi connectivity index (χ1v) is 4.84. The molecule has 2 heterocycles. The Kier molecular flexibility index (Phi) is 3.13. The number of pyridine rings is 1. The predicted molar refractivity (Wildman–Crippen MR) is 62.0 cm³/mol. The summed E-state index contributed by atoms with van der Waals surface area (Å²) in [6.07, 6.45) is 3.36. The van der Waals surface area contributed by atoms with Crippen molar-refractivity contribution >= 4 is 11.2 Å². The van der Waals surface area contributed by atoms with E-state index < -0.39 is 0 Å². The third-order valence-corrected chi connectivity index (χ3v) is 1.95. The molecule has 0 bridgehead atoms. The van der Waals surface area contributed by atoms with Crippen LogP contribution in [0.2, 0.25) is 0 Å². The lowest BCUT2D eigenvalue weighted by Crippen LogP contribution is -1.71. The number of rotatable bonds is 0. The molecule has 0 saturated heterocycles. The number of phenols is 1. The largest absolute Gasteiger partial charge is 0.508 e. The molecule has 16 heavy (non-hydrogen) atoms. The molecule has 0 aliphatic heterocycles. The quantitative estimate of drug-likeness (QED) is 0.602. The maximum atomic E-state index is 8.63. The fourth-order valence-corrected chi connectivity index (χ4v) is 1.20. The number of imidazole rings is 1. The summed E-state index contributed by atoms with van der Waals surface area (Å²) in [5, 5.41) is 8.63. The van der Waals surface area contributed by atoms with E-state index in [1.165, 1.54) is 0 Å². The van der Waals surface area contributed by atoms with E-state index in [0.717, 1.165) is 11.2 Å². The van der Waals surface area contributed by atoms with E-state index in [9.17, 15) is 0 Å². The Morgan fingerprint density at radius 3 is 2.38 bits per heavy atom. The van der Waals surface area contributed by atoms with Gasteiger partial charge in [-0.05, 0) is 24.3 Å². The lowest BCUT2D eigenvalue weighted by Gasteiger charge is -1.82. The number of para-hydroxylation sites is 1. The summed E-state index contributed by atoms with van der Waals surface area (Å²) in [5.74, 6) is 0.322. The van der Waals surface area contributed by atoms with Crippen LogP contribution in [0.15, 0.2) is 55.0 Å². The Balaban J connectivity index is 0.000000125. The third-order valence-electron chi connectivity index (χ3n) is 1.95. The van der Waals surface area contributed by atoms with Gasteiger partial charge in [0, 0.05) is 6.20 Å². The van der Waals surface area contributed by atoms with E-state index in [1.54, 1.807) is 36.8 Å². The number of aromatic hydroxyl groups is 1. The highest BCUT2D eigenvalue weighted by Crippen LogP contribution is 2.03. The minimum atomic E-state index is 0.322. The molecule has 0 aliphatic carbocycles. The fraction of sp³-hybridized carbons (Fsp3) is 0. The highest BCUT2D eigenvalue weighted by molar-refractivity contribution is 5.68. The van der Waals surface area contributed by atoms with Gasteiger partial charge in [-0.15, -0.1) is 0 Å². The van der Waals surface area contributed by atoms with E-state index in [4.69, 9.17) is 5.11 Å². The summed E-state index contributed by atoms with van der Waals surface area (Å²) < 4.78 is 0. The Labute approximate surface area is 92.6 Å². The number of benzene rings is 1. The highest BCUT2D eigenvalue weighted by atomic mass is 16.3. The molecule has 3 rings (SSSR count). The number of hydrogen-bond donors (Lipinski definition) is 2. The van der Waals surface area contributed by atoms with Crippen LogP contribution in [0.4, 0.5) is 0 Å². The van der Waals surface area contributed by atoms with Gasteiger partial charge in [-0.2, -0.15) is 0 Å². The van der Waals surface area contributed by atoms with Crippen molar-refractivity contribution in [3.8, 4) is 5.75 Å². The Morgan fingerprint density at radius 1 is 0.938 bits per heavy atom. The molecule has 1 aromatic carbocycles. The Bertz CT molecular complexity index is 518. The second-order valence-corrected chi connectivity index (χ2v) is 3.11. The molecule has 0 fully saturated rings. The van der Waals surface area contributed by atoms with Crippen molar-refractivity contribution in [2.24, 2.45) is 0 Å². The number of phenolic OH excluding ortho intramolecular Hbond substituents is 1. The molecule has 3 aromatic rings. The second-order valence-electron chi connectivity index (χ2n) is 3.11. The molecule has 2 aromatic heterocycles. The zero-order chi connectivity index (χ0) is 11.2. The van der Waals surface area contributed by atoms with Gasteiger partial charge < -0.3 is 10.1 Å². The van der Waals surface area contributed by atoms with Crippen molar-refractivity contribution in [1.29, 1.82) is 0 Å². The summed E-state index contributed by atoms with van der Waals surface area (Å²) in [5.41, 5.74) is 1.76. The molecule has 4 nitrogen and oxygen atoms in total. The molecule has 4 heteroatoms. The van der Waals surface area contributed by atoms with Crippen LogP contribution in [0.5, 0.6) is 5.75 Å². The van der Waals surface area contributed by atoms with Crippen LogP contribution in [0.25, 0.3) is 11.2 Å². The zero-order valence-electron chi connectivity index (χ0n) is 8.54. The summed E-state index contributed by atoms with van der Waals surface area (Å²) >= 11 is 0. The second kappa shape index (κ2) is 4.93. The molecular formula is C12H11N3O. The lowest BCUT2D eigenvalue weighted by atomic mass is 10.3. The smallest absolute Gasteiger partial charge is 0.177 e. The average Bonchev–Trinajstić information content (AvgIpc) is 2.79. The van der Waals surface area contributed by atoms with Crippen molar-refractivity contribution in [1.82, 2.24) is 15.0 Å². The molecule has 0 radical (unpaired) electrons. The summed E-state index contributed by atoms with van der Waals surface area (Å²) in [4.78, 5) is 10.9. The molecule has 0 spiro atoms. The summed E-state index contributed by atoms with van der Waals surface area (Å²) in [6.45, 7) is 0. The number of hydrogen-bond acceptors (Lipinski definition) is 3. The predicted octanol–water partition coefficient (Wildman–Crippen LogP) is 2.35. The highest BCUT2D eigenvalue weighted by Gasteiger charge is 1.90. The Morgan fingerprint density at radius 2 is 1.75 bits per heavy atom. The van der Waals surface area contributed by atoms with Gasteiger partial charge in [0.25, 0.3) is 0 Å². The van der Waals surface area contributed by atoms with Gasteiger partial charge in [-0.1, -0.05) is 18.2 Å². The minimum Gasteiger partial charge on any atom is -0.508 e. The standard InChI is InChI=1S/C6H5N3.C6H6O/c1-2-5-6(7-3-1)9-4-8-5;7-6-4-2-1-3-5-6/h1-4H,(H,7,8,9);1-5,7H. The Hall–Kier alpha value is -2.36. The molecule has 0 saturated carbocycles. The van der Waals surface area contributed by atoms with Crippen LogP contribution in [0, 0.1) is 0 Å². The maximum Gasteiger partial charge on any atom is 0.177 e. The van der Waals surface area contributed by atoms with Crippen molar-refractivity contribution < 1.29 is 5.11 Å². The third kappa shape index (κ3) is 2.57. The fourth-order valence-electron chi connectivity index (χ4n) is 1.20. The van der Waals surface area contributed by atoms with Crippen LogP contribution in [-0.2, 0) is 0 Å². The number of fused-ring (bicyclic) bond motifs is 1. The van der Waals surface area contributed by atoms with Crippen molar-refractivity contribution in [3.05, 3.63) is 55.0 Å². The zero-order valence-corrected chi connectivity index (χ0v) is 8.54.